The van der Waals surface area contributed by atoms with Crippen LogP contribution in [0.2, 0.25) is 0 Å². The van der Waals surface area contributed by atoms with E-state index in [2.05, 4.69) is 5.16 Å². The predicted molar refractivity (Wildman–Crippen MR) is 171 cm³/mol. The van der Waals surface area contributed by atoms with Crippen LogP contribution in [0.3, 0.4) is 0 Å². The molecule has 2 fully saturated rings. The highest BCUT2D eigenvalue weighted by atomic mass is 16.8. The van der Waals surface area contributed by atoms with Crippen LogP contribution in [0, 0.1) is 0 Å². The van der Waals surface area contributed by atoms with Gasteiger partial charge in [-0.2, -0.15) is 0 Å². The van der Waals surface area contributed by atoms with Gasteiger partial charge in [0.05, 0.1) is 45.2 Å². The van der Waals surface area contributed by atoms with Gasteiger partial charge >= 0.3 is 0 Å². The summed E-state index contributed by atoms with van der Waals surface area (Å²) in [5.41, 5.74) is 3.17. The maximum atomic E-state index is 11.0. The maximum absolute atomic E-state index is 11.0. The second-order valence-corrected chi connectivity index (χ2v) is 12.3. The van der Waals surface area contributed by atoms with Crippen molar-refractivity contribution in [1.82, 2.24) is 0 Å². The molecule has 0 amide bonds. The van der Waals surface area contributed by atoms with Crippen molar-refractivity contribution in [2.24, 2.45) is 5.16 Å². The summed E-state index contributed by atoms with van der Waals surface area (Å²) in [4.78, 5) is 5.71. The molecule has 12 nitrogen and oxygen atoms in total. The number of oxime groups is 1. The van der Waals surface area contributed by atoms with Crippen molar-refractivity contribution in [2.75, 3.05) is 20.3 Å². The molecule has 1 spiro atoms. The van der Waals surface area contributed by atoms with Gasteiger partial charge in [0, 0.05) is 7.11 Å². The van der Waals surface area contributed by atoms with Crippen LogP contribution in [-0.2, 0) is 53.1 Å². The normalized spacial score (nSPS) is 33.4. The van der Waals surface area contributed by atoms with E-state index in [0.717, 1.165) is 16.7 Å². The summed E-state index contributed by atoms with van der Waals surface area (Å²) in [6.07, 6.45) is -9.90. The summed E-state index contributed by atoms with van der Waals surface area (Å²) in [5.74, 6) is -1.87. The number of methoxy groups -OCH3 is 1. The lowest BCUT2D eigenvalue weighted by molar-refractivity contribution is -0.355. The summed E-state index contributed by atoms with van der Waals surface area (Å²) in [6.45, 7) is 0.298. The fraction of sp³-hybridized carbons (Fsp3) is 0.472. The van der Waals surface area contributed by atoms with Gasteiger partial charge < -0.3 is 53.7 Å². The molecule has 0 saturated carbocycles. The van der Waals surface area contributed by atoms with Gasteiger partial charge in [-0.05, 0) is 16.7 Å². The van der Waals surface area contributed by atoms with E-state index < -0.39 is 67.3 Å². The van der Waals surface area contributed by atoms with Crippen LogP contribution in [0.15, 0.2) is 96.2 Å². The number of hydrogen-bond donors (Lipinski definition) is 4. The Morgan fingerprint density at radius 1 is 0.708 bits per heavy atom. The standard InChI is InChI=1S/C36H43NO11/c1-42-22-28-32(43-19-23-11-5-2-6-12-23)34(45-21-25-15-9-4-10-16-25)33(44-20-24-13-7-3-8-14-24)31(46-28)26-17-36(48-37-26)35(41)30(40)29(39)27(18-38)47-36/h2-16,27-35,38-41H,17-22H2,1H3/t27-,28-,29+,30+,31-,32+,33-,34-,35-,36-/m1/s1. The Morgan fingerprint density at radius 2 is 1.23 bits per heavy atom. The molecule has 48 heavy (non-hydrogen) atoms. The zero-order chi connectivity index (χ0) is 33.5. The molecule has 12 heteroatoms. The zero-order valence-electron chi connectivity index (χ0n) is 26.7. The number of aliphatic hydroxyl groups is 4. The van der Waals surface area contributed by atoms with Crippen molar-refractivity contribution in [3.8, 4) is 0 Å². The molecule has 4 N–H and O–H groups in total. The lowest BCUT2D eigenvalue weighted by Gasteiger charge is -2.47. The topological polar surface area (TPSA) is 158 Å². The summed E-state index contributed by atoms with van der Waals surface area (Å²) < 4.78 is 38.1. The summed E-state index contributed by atoms with van der Waals surface area (Å²) in [5, 5.41) is 46.1. The number of hydrogen-bond acceptors (Lipinski definition) is 12. The second-order valence-electron chi connectivity index (χ2n) is 12.3. The molecular weight excluding hydrogens is 622 g/mol. The van der Waals surface area contributed by atoms with E-state index in [4.69, 9.17) is 33.3 Å². The number of aliphatic hydroxyl groups excluding tert-OH is 4. The van der Waals surface area contributed by atoms with Crippen LogP contribution in [0.5, 0.6) is 0 Å². The molecule has 3 aromatic carbocycles. The summed E-state index contributed by atoms with van der Waals surface area (Å²) in [7, 11) is 1.57. The Balaban J connectivity index is 1.33. The van der Waals surface area contributed by atoms with Crippen molar-refractivity contribution in [1.29, 1.82) is 0 Å². The van der Waals surface area contributed by atoms with Gasteiger partial charge in [-0.25, -0.2) is 0 Å². The van der Waals surface area contributed by atoms with Gasteiger partial charge in [0.2, 0.25) is 0 Å². The van der Waals surface area contributed by atoms with Crippen LogP contribution in [0.25, 0.3) is 0 Å². The number of ether oxygens (including phenoxy) is 6. The van der Waals surface area contributed by atoms with E-state index in [1.807, 2.05) is 91.0 Å². The highest BCUT2D eigenvalue weighted by molar-refractivity contribution is 5.91. The average Bonchev–Trinajstić information content (AvgIpc) is 3.56. The van der Waals surface area contributed by atoms with Crippen molar-refractivity contribution in [3.05, 3.63) is 108 Å². The Kier molecular flexibility index (Phi) is 11.5. The third kappa shape index (κ3) is 7.63. The van der Waals surface area contributed by atoms with Crippen LogP contribution in [0.4, 0.5) is 0 Å². The Bertz CT molecular complexity index is 1450. The fourth-order valence-corrected chi connectivity index (χ4v) is 6.39. The molecule has 6 rings (SSSR count). The molecule has 0 radical (unpaired) electrons. The van der Waals surface area contributed by atoms with E-state index in [-0.39, 0.29) is 32.8 Å². The lowest BCUT2D eigenvalue weighted by Crippen LogP contribution is -2.66. The maximum Gasteiger partial charge on any atom is 0.271 e. The lowest BCUT2D eigenvalue weighted by atomic mass is 9.86. The first kappa shape index (κ1) is 34.6. The number of benzene rings is 3. The van der Waals surface area contributed by atoms with E-state index >= 15 is 0 Å². The van der Waals surface area contributed by atoms with Gasteiger partial charge in [0.25, 0.3) is 5.79 Å². The SMILES string of the molecule is COC[C@H]1O[C@H](C2=NO[C@@]3(C2)O[C@H](CO)[C@H](O)[C@H](O)[C@H]3O)[C@@H](OCc2ccccc2)[C@H](OCc2ccccc2)[C@H]1OCc1ccccc1. The van der Waals surface area contributed by atoms with E-state index in [9.17, 15) is 20.4 Å². The molecule has 3 aliphatic heterocycles. The van der Waals surface area contributed by atoms with E-state index in [1.54, 1.807) is 7.11 Å². The quantitative estimate of drug-likeness (QED) is 0.212. The van der Waals surface area contributed by atoms with E-state index in [1.165, 1.54) is 0 Å². The monoisotopic (exact) mass is 665 g/mol. The predicted octanol–water partition coefficient (Wildman–Crippen LogP) is 2.10. The van der Waals surface area contributed by atoms with Gasteiger partial charge in [-0.3, -0.25) is 0 Å². The van der Waals surface area contributed by atoms with E-state index in [0.29, 0.717) is 5.71 Å². The second kappa shape index (κ2) is 16.0. The summed E-state index contributed by atoms with van der Waals surface area (Å²) >= 11 is 0. The molecule has 258 valence electrons. The fourth-order valence-electron chi connectivity index (χ4n) is 6.39. The van der Waals surface area contributed by atoms with Crippen molar-refractivity contribution in [3.63, 3.8) is 0 Å². The Hall–Kier alpha value is -3.27. The van der Waals surface area contributed by atoms with Crippen molar-refractivity contribution >= 4 is 5.71 Å². The average molecular weight is 666 g/mol. The summed E-state index contributed by atoms with van der Waals surface area (Å²) in [6, 6.07) is 29.2. The smallest absolute Gasteiger partial charge is 0.271 e. The highest BCUT2D eigenvalue weighted by Gasteiger charge is 2.61. The van der Waals surface area contributed by atoms with Crippen LogP contribution in [-0.4, -0.2) is 107 Å². The minimum Gasteiger partial charge on any atom is -0.394 e. The third-order valence-corrected chi connectivity index (χ3v) is 8.93. The molecule has 0 unspecified atom stereocenters. The zero-order valence-corrected chi connectivity index (χ0v) is 26.7. The first-order chi connectivity index (χ1) is 23.4. The molecule has 3 heterocycles. The van der Waals surface area contributed by atoms with Gasteiger partial charge in [-0.15, -0.1) is 0 Å². The number of nitrogens with zero attached hydrogens (tertiary/aromatic N) is 1. The van der Waals surface area contributed by atoms with Gasteiger partial charge in [0.15, 0.2) is 6.10 Å². The molecular formula is C36H43NO11. The molecule has 3 aromatic rings. The van der Waals surface area contributed by atoms with Crippen LogP contribution < -0.4 is 0 Å². The Morgan fingerprint density at radius 3 is 1.75 bits per heavy atom. The molecule has 0 aromatic heterocycles. The number of rotatable bonds is 13. The Labute approximate surface area is 279 Å². The van der Waals surface area contributed by atoms with Crippen LogP contribution in [0.1, 0.15) is 23.1 Å². The molecule has 2 saturated heterocycles. The first-order valence-electron chi connectivity index (χ1n) is 16.1. The third-order valence-electron chi connectivity index (χ3n) is 8.93. The van der Waals surface area contributed by atoms with Gasteiger partial charge in [-0.1, -0.05) is 96.2 Å². The largest absolute Gasteiger partial charge is 0.394 e. The molecule has 0 bridgehead atoms. The molecule has 10 atom stereocenters. The molecule has 3 aliphatic rings. The van der Waals surface area contributed by atoms with Crippen LogP contribution >= 0.6 is 0 Å². The minimum atomic E-state index is -1.87. The van der Waals surface area contributed by atoms with Gasteiger partial charge in [0.1, 0.15) is 48.8 Å². The molecule has 0 aliphatic carbocycles. The van der Waals surface area contributed by atoms with Crippen molar-refractivity contribution in [2.45, 2.75) is 87.0 Å². The minimum absolute atomic E-state index is 0.148. The highest BCUT2D eigenvalue weighted by Crippen LogP contribution is 2.41. The first-order valence-corrected chi connectivity index (χ1v) is 16.1. The van der Waals surface area contributed by atoms with Crippen molar-refractivity contribution < 1.29 is 53.7 Å².